The Bertz CT molecular complexity index is 755. The molecule has 0 aromatic heterocycles. The van der Waals surface area contributed by atoms with E-state index in [0.29, 0.717) is 13.1 Å². The number of carbonyl (C=O) groups excluding carboxylic acids is 1. The molecular formula is C19H23BrN2O3S. The van der Waals surface area contributed by atoms with Gasteiger partial charge in [0, 0.05) is 18.0 Å². The highest BCUT2D eigenvalue weighted by molar-refractivity contribution is 8.93. The van der Waals surface area contributed by atoms with Crippen LogP contribution >= 0.6 is 28.7 Å². The van der Waals surface area contributed by atoms with E-state index in [-0.39, 0.29) is 28.6 Å². The van der Waals surface area contributed by atoms with E-state index in [1.807, 2.05) is 43.3 Å². The molecule has 0 radical (unpaired) electrons. The second-order valence-electron chi connectivity index (χ2n) is 6.34. The number of phenolic OH excluding ortho intramolecular Hbond substituents is 1. The van der Waals surface area contributed by atoms with Crippen molar-refractivity contribution >= 4 is 40.3 Å². The van der Waals surface area contributed by atoms with Crippen LogP contribution in [0.2, 0.25) is 0 Å². The monoisotopic (exact) mass is 438 g/mol. The van der Waals surface area contributed by atoms with Gasteiger partial charge in [-0.3, -0.25) is 4.79 Å². The summed E-state index contributed by atoms with van der Waals surface area (Å²) >= 11 is 1.48. The van der Waals surface area contributed by atoms with Crippen molar-refractivity contribution in [2.45, 2.75) is 16.2 Å². The topological polar surface area (TPSA) is 64.0 Å². The average molecular weight is 439 g/mol. The number of likely N-dealkylation sites (N-methyl/N-ethyl adjacent to an activating group) is 1. The van der Waals surface area contributed by atoms with Crippen LogP contribution in [-0.4, -0.2) is 54.3 Å². The van der Waals surface area contributed by atoms with Gasteiger partial charge >= 0.3 is 0 Å². The van der Waals surface area contributed by atoms with E-state index in [1.54, 1.807) is 29.2 Å². The number of para-hydroxylation sites is 1. The molecule has 140 valence electrons. The Hall–Kier alpha value is -1.54. The number of aromatic hydroxyl groups is 1. The van der Waals surface area contributed by atoms with Crippen molar-refractivity contribution < 1.29 is 15.0 Å². The number of benzene rings is 2. The number of carbonyl (C=O) groups is 1. The van der Waals surface area contributed by atoms with Crippen LogP contribution in [0.3, 0.4) is 0 Å². The maximum Gasteiger partial charge on any atom is 0.257 e. The van der Waals surface area contributed by atoms with Crippen LogP contribution < -0.4 is 4.90 Å². The first kappa shape index (κ1) is 20.8. The van der Waals surface area contributed by atoms with Crippen molar-refractivity contribution in [3.05, 3.63) is 54.1 Å². The summed E-state index contributed by atoms with van der Waals surface area (Å²) in [6.07, 6.45) is -1.15. The number of nitrogens with zero attached hydrogens (tertiary/aromatic N) is 2. The minimum absolute atomic E-state index is 0. The van der Waals surface area contributed by atoms with E-state index in [4.69, 9.17) is 0 Å². The number of hydrogen-bond acceptors (Lipinski definition) is 5. The SMILES string of the molecule is Br.CN(C)CCN1C(=O)[C@H](O)[C@H](c2ccc(O)cc2)Sc2ccccc21. The third-order valence-electron chi connectivity index (χ3n) is 4.21. The number of aliphatic hydroxyl groups excluding tert-OH is 1. The van der Waals surface area contributed by atoms with E-state index in [2.05, 4.69) is 0 Å². The molecule has 3 rings (SSSR count). The molecule has 0 saturated heterocycles. The largest absolute Gasteiger partial charge is 0.508 e. The molecule has 2 aromatic rings. The molecule has 2 N–H and O–H groups in total. The molecular weight excluding hydrogens is 416 g/mol. The van der Waals surface area contributed by atoms with Crippen LogP contribution in [0.1, 0.15) is 10.8 Å². The maximum atomic E-state index is 13.0. The fourth-order valence-electron chi connectivity index (χ4n) is 2.83. The molecule has 2 atom stereocenters. The Kier molecular flexibility index (Phi) is 7.11. The summed E-state index contributed by atoms with van der Waals surface area (Å²) in [6.45, 7) is 1.23. The molecule has 1 amide bonds. The third kappa shape index (κ3) is 4.40. The molecule has 0 spiro atoms. The minimum Gasteiger partial charge on any atom is -0.508 e. The van der Waals surface area contributed by atoms with Crippen LogP contribution in [0, 0.1) is 0 Å². The first-order valence-electron chi connectivity index (χ1n) is 8.16. The van der Waals surface area contributed by atoms with E-state index in [1.165, 1.54) is 11.8 Å². The first-order chi connectivity index (χ1) is 12.0. The van der Waals surface area contributed by atoms with E-state index in [0.717, 1.165) is 16.1 Å². The van der Waals surface area contributed by atoms with Crippen molar-refractivity contribution in [1.82, 2.24) is 4.90 Å². The van der Waals surface area contributed by atoms with Crippen LogP contribution in [0.5, 0.6) is 5.75 Å². The van der Waals surface area contributed by atoms with Crippen LogP contribution in [0.15, 0.2) is 53.4 Å². The van der Waals surface area contributed by atoms with Gasteiger partial charge in [0.25, 0.3) is 5.91 Å². The average Bonchev–Trinajstić information content (AvgIpc) is 2.70. The van der Waals surface area contributed by atoms with Gasteiger partial charge in [0.1, 0.15) is 11.9 Å². The number of hydrogen-bond donors (Lipinski definition) is 2. The summed E-state index contributed by atoms with van der Waals surface area (Å²) in [7, 11) is 3.91. The van der Waals surface area contributed by atoms with Crippen molar-refractivity contribution in [2.75, 3.05) is 32.1 Å². The summed E-state index contributed by atoms with van der Waals surface area (Å²) in [6, 6.07) is 14.4. The Morgan fingerprint density at radius 2 is 1.77 bits per heavy atom. The third-order valence-corrected chi connectivity index (χ3v) is 5.59. The molecule has 5 nitrogen and oxygen atoms in total. The van der Waals surface area contributed by atoms with Gasteiger partial charge in [0.15, 0.2) is 0 Å². The lowest BCUT2D eigenvalue weighted by Gasteiger charge is -2.26. The molecule has 0 fully saturated rings. The smallest absolute Gasteiger partial charge is 0.257 e. The lowest BCUT2D eigenvalue weighted by molar-refractivity contribution is -0.126. The summed E-state index contributed by atoms with van der Waals surface area (Å²) in [5.41, 5.74) is 1.65. The number of aliphatic hydroxyl groups is 1. The summed E-state index contributed by atoms with van der Waals surface area (Å²) in [5, 5.41) is 19.8. The molecule has 0 aliphatic carbocycles. The Morgan fingerprint density at radius 3 is 2.42 bits per heavy atom. The minimum atomic E-state index is -1.15. The van der Waals surface area contributed by atoms with Gasteiger partial charge in [0.05, 0.1) is 10.9 Å². The lowest BCUT2D eigenvalue weighted by Crippen LogP contribution is -2.43. The Labute approximate surface area is 168 Å². The second kappa shape index (κ2) is 8.90. The molecule has 26 heavy (non-hydrogen) atoms. The molecule has 1 aliphatic heterocycles. The quantitative estimate of drug-likeness (QED) is 0.767. The van der Waals surface area contributed by atoms with Gasteiger partial charge in [0.2, 0.25) is 0 Å². The van der Waals surface area contributed by atoms with E-state index in [9.17, 15) is 15.0 Å². The number of thioether (sulfide) groups is 1. The van der Waals surface area contributed by atoms with E-state index >= 15 is 0 Å². The second-order valence-corrected chi connectivity index (χ2v) is 7.52. The summed E-state index contributed by atoms with van der Waals surface area (Å²) in [4.78, 5) is 17.6. The van der Waals surface area contributed by atoms with Gasteiger partial charge in [-0.25, -0.2) is 0 Å². The number of fused-ring (bicyclic) bond motifs is 1. The fourth-order valence-corrected chi connectivity index (χ4v) is 4.10. The number of anilines is 1. The van der Waals surface area contributed by atoms with E-state index < -0.39 is 11.4 Å². The van der Waals surface area contributed by atoms with Crippen LogP contribution in [0.25, 0.3) is 0 Å². The Morgan fingerprint density at radius 1 is 1.12 bits per heavy atom. The molecule has 2 aromatic carbocycles. The van der Waals surface area contributed by atoms with Crippen LogP contribution in [-0.2, 0) is 4.79 Å². The summed E-state index contributed by atoms with van der Waals surface area (Å²) < 4.78 is 0. The highest BCUT2D eigenvalue weighted by Crippen LogP contribution is 2.45. The molecule has 1 aliphatic rings. The van der Waals surface area contributed by atoms with Crippen molar-refractivity contribution in [2.24, 2.45) is 0 Å². The van der Waals surface area contributed by atoms with Crippen molar-refractivity contribution in [3.63, 3.8) is 0 Å². The fraction of sp³-hybridized carbons (Fsp3) is 0.316. The number of halogens is 1. The highest BCUT2D eigenvalue weighted by Gasteiger charge is 2.37. The normalized spacial score (nSPS) is 19.7. The number of rotatable bonds is 4. The first-order valence-corrected chi connectivity index (χ1v) is 9.04. The summed E-state index contributed by atoms with van der Waals surface area (Å²) in [5.74, 6) is -0.131. The molecule has 0 bridgehead atoms. The number of amides is 1. The zero-order chi connectivity index (χ0) is 18.0. The van der Waals surface area contributed by atoms with Gasteiger partial charge in [-0.05, 0) is 43.9 Å². The van der Waals surface area contributed by atoms with Gasteiger partial charge in [-0.15, -0.1) is 28.7 Å². The highest BCUT2D eigenvalue weighted by atomic mass is 79.9. The van der Waals surface area contributed by atoms with Gasteiger partial charge in [-0.2, -0.15) is 0 Å². The van der Waals surface area contributed by atoms with Crippen molar-refractivity contribution in [3.8, 4) is 5.75 Å². The molecule has 1 heterocycles. The standard InChI is InChI=1S/C19H22N2O3S.BrH/c1-20(2)11-12-21-15-5-3-4-6-16(15)25-18(17(23)19(21)24)13-7-9-14(22)10-8-13;/h3-10,17-18,22-23H,11-12H2,1-2H3;1H/t17-,18+;/m1./s1. The predicted octanol–water partition coefficient (Wildman–Crippen LogP) is 3.07. The maximum absolute atomic E-state index is 13.0. The number of phenols is 1. The zero-order valence-corrected chi connectivity index (χ0v) is 17.2. The van der Waals surface area contributed by atoms with Crippen LogP contribution in [0.4, 0.5) is 5.69 Å². The Balaban J connectivity index is 0.00000243. The lowest BCUT2D eigenvalue weighted by atomic mass is 10.1. The zero-order valence-electron chi connectivity index (χ0n) is 14.7. The molecule has 0 saturated carbocycles. The predicted molar refractivity (Wildman–Crippen MR) is 110 cm³/mol. The van der Waals surface area contributed by atoms with Crippen molar-refractivity contribution in [1.29, 1.82) is 0 Å². The van der Waals surface area contributed by atoms with Gasteiger partial charge < -0.3 is 20.0 Å². The molecule has 7 heteroatoms. The molecule has 0 unspecified atom stereocenters. The van der Waals surface area contributed by atoms with Gasteiger partial charge in [-0.1, -0.05) is 24.3 Å².